The minimum absolute atomic E-state index is 0.204. The van der Waals surface area contributed by atoms with E-state index < -0.39 is 11.5 Å². The number of aromatic amines is 1. The van der Waals surface area contributed by atoms with Gasteiger partial charge in [0.05, 0.1) is 40.4 Å². The van der Waals surface area contributed by atoms with Crippen molar-refractivity contribution in [3.63, 3.8) is 0 Å². The van der Waals surface area contributed by atoms with Gasteiger partial charge >= 0.3 is 0 Å². The summed E-state index contributed by atoms with van der Waals surface area (Å²) in [6.45, 7) is 5.42. The van der Waals surface area contributed by atoms with E-state index in [1.54, 1.807) is 56.1 Å². The van der Waals surface area contributed by atoms with Gasteiger partial charge in [-0.2, -0.15) is 0 Å². The summed E-state index contributed by atoms with van der Waals surface area (Å²) in [6, 6.07) is 20.3. The molecule has 0 saturated heterocycles. The lowest BCUT2D eigenvalue weighted by Crippen LogP contribution is -2.19. The van der Waals surface area contributed by atoms with Gasteiger partial charge in [0, 0.05) is 16.3 Å². The van der Waals surface area contributed by atoms with Crippen molar-refractivity contribution in [2.24, 2.45) is 5.73 Å². The summed E-state index contributed by atoms with van der Waals surface area (Å²) in [5, 5.41) is 12.7. The molecule has 40 heavy (non-hydrogen) atoms. The summed E-state index contributed by atoms with van der Waals surface area (Å²) in [4.78, 5) is 33.8. The molecule has 0 radical (unpaired) electrons. The van der Waals surface area contributed by atoms with Gasteiger partial charge in [-0.25, -0.2) is 4.98 Å². The molecule has 1 amide bonds. The Morgan fingerprint density at radius 1 is 1.02 bits per heavy atom. The van der Waals surface area contributed by atoms with Gasteiger partial charge in [-0.3, -0.25) is 14.2 Å². The number of fused-ring (bicyclic) bond motifs is 4. The summed E-state index contributed by atoms with van der Waals surface area (Å²) in [6.07, 6.45) is 1.54. The van der Waals surface area contributed by atoms with Crippen LogP contribution in [0.15, 0.2) is 77.9 Å². The lowest BCUT2D eigenvalue weighted by Gasteiger charge is -2.17. The van der Waals surface area contributed by atoms with Gasteiger partial charge in [-0.1, -0.05) is 30.3 Å². The maximum absolute atomic E-state index is 13.6. The highest BCUT2D eigenvalue weighted by atomic mass is 16.5. The zero-order chi connectivity index (χ0) is 28.3. The number of carbonyl (C=O) groups excluding carboxylic acids is 1. The van der Waals surface area contributed by atoms with E-state index in [4.69, 9.17) is 10.5 Å². The Labute approximate surface area is 229 Å². The molecular weight excluding hydrogens is 504 g/mol. The number of amides is 1. The third kappa shape index (κ3) is 3.92. The molecule has 4 aromatic carbocycles. The Kier molecular flexibility index (Phi) is 5.74. The molecule has 2 heterocycles. The van der Waals surface area contributed by atoms with Crippen molar-refractivity contribution >= 4 is 38.6 Å². The lowest BCUT2D eigenvalue weighted by molar-refractivity contribution is 0.0787. The third-order valence-corrected chi connectivity index (χ3v) is 7.55. The van der Waals surface area contributed by atoms with Gasteiger partial charge in [0.15, 0.2) is 0 Å². The number of hydrogen-bond donors (Lipinski definition) is 3. The molecular formula is C32H28N4O4. The quantitative estimate of drug-likeness (QED) is 0.277. The van der Waals surface area contributed by atoms with E-state index in [0.29, 0.717) is 33.4 Å². The second-order valence-electron chi connectivity index (χ2n) is 10.5. The summed E-state index contributed by atoms with van der Waals surface area (Å²) >= 11 is 0. The van der Waals surface area contributed by atoms with Gasteiger partial charge in [-0.05, 0) is 79.4 Å². The van der Waals surface area contributed by atoms with Crippen LogP contribution in [0.1, 0.15) is 35.3 Å². The van der Waals surface area contributed by atoms with Crippen molar-refractivity contribution in [1.82, 2.24) is 14.5 Å². The summed E-state index contributed by atoms with van der Waals surface area (Å²) in [7, 11) is 1.56. The molecule has 0 saturated carbocycles. The van der Waals surface area contributed by atoms with Crippen molar-refractivity contribution < 1.29 is 14.6 Å². The van der Waals surface area contributed by atoms with Crippen LogP contribution >= 0.6 is 0 Å². The Morgan fingerprint density at radius 3 is 2.55 bits per heavy atom. The molecule has 0 unspecified atom stereocenters. The van der Waals surface area contributed by atoms with Gasteiger partial charge in [0.25, 0.3) is 11.5 Å². The van der Waals surface area contributed by atoms with Gasteiger partial charge in [-0.15, -0.1) is 0 Å². The second kappa shape index (κ2) is 9.07. The van der Waals surface area contributed by atoms with Crippen molar-refractivity contribution in [3.8, 4) is 22.6 Å². The number of carbonyl (C=O) groups is 1. The number of aromatic nitrogens is 3. The maximum atomic E-state index is 13.6. The van der Waals surface area contributed by atoms with Crippen LogP contribution in [0.3, 0.4) is 0 Å². The molecule has 0 aliphatic rings. The molecule has 8 heteroatoms. The van der Waals surface area contributed by atoms with Crippen LogP contribution < -0.4 is 16.0 Å². The fourth-order valence-electron chi connectivity index (χ4n) is 5.40. The van der Waals surface area contributed by atoms with Crippen LogP contribution in [0, 0.1) is 6.92 Å². The fraction of sp³-hybridized carbons (Fsp3) is 0.156. The Bertz CT molecular complexity index is 2050. The van der Waals surface area contributed by atoms with Crippen LogP contribution in [0.25, 0.3) is 49.5 Å². The highest BCUT2D eigenvalue weighted by Crippen LogP contribution is 2.39. The van der Waals surface area contributed by atoms with E-state index in [2.05, 4.69) is 9.97 Å². The normalized spacial score (nSPS) is 11.9. The van der Waals surface area contributed by atoms with Gasteiger partial charge in [0.1, 0.15) is 12.1 Å². The average Bonchev–Trinajstić information content (AvgIpc) is 3.31. The minimum Gasteiger partial charge on any atom is -0.497 e. The van der Waals surface area contributed by atoms with Gasteiger partial charge < -0.3 is 20.6 Å². The molecule has 0 aliphatic heterocycles. The van der Waals surface area contributed by atoms with Gasteiger partial charge in [0.2, 0.25) is 0 Å². The minimum atomic E-state index is -1.03. The monoisotopic (exact) mass is 532 g/mol. The second-order valence-corrected chi connectivity index (χ2v) is 10.5. The highest BCUT2D eigenvalue weighted by Gasteiger charge is 2.21. The smallest absolute Gasteiger partial charge is 0.265 e. The highest BCUT2D eigenvalue weighted by molar-refractivity contribution is 6.20. The fourth-order valence-corrected chi connectivity index (χ4v) is 5.40. The van der Waals surface area contributed by atoms with Crippen molar-refractivity contribution in [1.29, 1.82) is 0 Å². The number of rotatable bonds is 5. The number of benzene rings is 4. The summed E-state index contributed by atoms with van der Waals surface area (Å²) in [5.74, 6) is 0.0409. The van der Waals surface area contributed by atoms with E-state index in [1.165, 1.54) is 0 Å². The van der Waals surface area contributed by atoms with Crippen LogP contribution in [0.4, 0.5) is 0 Å². The van der Waals surface area contributed by atoms with Crippen LogP contribution in [-0.2, 0) is 5.60 Å². The molecule has 6 rings (SSSR count). The number of ether oxygens (including phenoxy) is 1. The number of nitrogens with zero attached hydrogens (tertiary/aromatic N) is 2. The molecule has 0 atom stereocenters. The molecule has 0 bridgehead atoms. The maximum Gasteiger partial charge on any atom is 0.265 e. The number of primary amides is 1. The number of nitrogens with two attached hydrogens (primary N) is 1. The lowest BCUT2D eigenvalue weighted by atomic mass is 9.92. The number of aliphatic hydroxyl groups is 1. The first-order chi connectivity index (χ1) is 19.1. The average molecular weight is 533 g/mol. The topological polar surface area (TPSA) is 123 Å². The third-order valence-electron chi connectivity index (χ3n) is 7.55. The molecule has 0 spiro atoms. The van der Waals surface area contributed by atoms with E-state index in [1.807, 2.05) is 49.4 Å². The number of methoxy groups -OCH3 is 1. The molecule has 0 aliphatic carbocycles. The molecule has 4 N–H and O–H groups in total. The first-order valence-electron chi connectivity index (χ1n) is 12.9. The number of hydrogen-bond acceptors (Lipinski definition) is 5. The first-order valence-corrected chi connectivity index (χ1v) is 12.9. The van der Waals surface area contributed by atoms with E-state index in [0.717, 1.165) is 38.5 Å². The zero-order valence-electron chi connectivity index (χ0n) is 22.6. The zero-order valence-corrected chi connectivity index (χ0v) is 22.6. The van der Waals surface area contributed by atoms with Crippen molar-refractivity contribution in [2.75, 3.05) is 7.11 Å². The van der Waals surface area contributed by atoms with E-state index >= 15 is 0 Å². The van der Waals surface area contributed by atoms with E-state index in [-0.39, 0.29) is 5.56 Å². The number of nitrogens with one attached hydrogen (secondary N) is 1. The van der Waals surface area contributed by atoms with Crippen LogP contribution in [0.2, 0.25) is 0 Å². The van der Waals surface area contributed by atoms with Crippen molar-refractivity contribution in [2.45, 2.75) is 26.4 Å². The predicted octanol–water partition coefficient (Wildman–Crippen LogP) is 5.33. The van der Waals surface area contributed by atoms with Crippen LogP contribution in [-0.4, -0.2) is 32.7 Å². The number of H-pyrrole nitrogens is 1. The Morgan fingerprint density at radius 2 is 1.82 bits per heavy atom. The van der Waals surface area contributed by atoms with Crippen molar-refractivity contribution in [3.05, 3.63) is 100 Å². The van der Waals surface area contributed by atoms with E-state index in [9.17, 15) is 14.7 Å². The molecule has 200 valence electrons. The standard InChI is InChI=1S/C32H28N4O4/c1-17-20(6-5-7-27(17)36-16-34-25-13-9-19(40-4)15-24(25)31(36)38)21-11-12-23(30(33)37)29-28(21)22-10-8-18(32(2,3)39)14-26(22)35-29/h5-16,35,39H,1-4H3,(H2,33,37). The summed E-state index contributed by atoms with van der Waals surface area (Å²) < 4.78 is 6.86. The SMILES string of the molecule is COc1ccc2ncn(-c3cccc(-c4ccc(C(N)=O)c5[nH]c6cc(C(C)(C)O)ccc6c45)c3C)c(=O)c2c1. The Balaban J connectivity index is 1.61. The molecule has 6 aromatic rings. The molecule has 8 nitrogen and oxygen atoms in total. The summed E-state index contributed by atoms with van der Waals surface area (Å²) in [5.41, 5.74) is 10.9. The first kappa shape index (κ1) is 25.3. The molecule has 2 aromatic heterocycles. The van der Waals surface area contributed by atoms with Crippen LogP contribution in [0.5, 0.6) is 5.75 Å². The Hall–Kier alpha value is -4.95. The largest absolute Gasteiger partial charge is 0.497 e. The molecule has 0 fully saturated rings. The predicted molar refractivity (Wildman–Crippen MR) is 157 cm³/mol.